The third-order valence-corrected chi connectivity index (χ3v) is 4.26. The Morgan fingerprint density at radius 3 is 2.46 bits per heavy atom. The van der Waals surface area contributed by atoms with Crippen molar-refractivity contribution >= 4 is 32.9 Å². The van der Waals surface area contributed by atoms with Crippen LogP contribution in [0, 0.1) is 6.92 Å². The molecule has 1 aromatic heterocycles. The van der Waals surface area contributed by atoms with E-state index in [1.807, 2.05) is 76.2 Å². The summed E-state index contributed by atoms with van der Waals surface area (Å²) in [6, 6.07) is 16.0. The van der Waals surface area contributed by atoms with E-state index in [0.717, 1.165) is 32.2 Å². The lowest BCUT2D eigenvalue weighted by molar-refractivity contribution is 0.0547. The van der Waals surface area contributed by atoms with Crippen molar-refractivity contribution in [2.45, 2.75) is 33.3 Å². The van der Waals surface area contributed by atoms with Gasteiger partial charge in [-0.2, -0.15) is 0 Å². The average molecular weight is 386 g/mol. The van der Waals surface area contributed by atoms with Crippen LogP contribution >= 0.6 is 15.9 Å². The van der Waals surface area contributed by atoms with Crippen LogP contribution in [-0.4, -0.2) is 16.3 Å². The van der Waals surface area contributed by atoms with Crippen molar-refractivity contribution in [1.29, 1.82) is 0 Å². The zero-order valence-electron chi connectivity index (χ0n) is 14.3. The topological polar surface area (TPSA) is 31.2 Å². The number of fused-ring (bicyclic) bond motifs is 1. The first kappa shape index (κ1) is 16.8. The quantitative estimate of drug-likeness (QED) is 0.501. The fourth-order valence-electron chi connectivity index (χ4n) is 2.74. The zero-order chi connectivity index (χ0) is 17.5. The molecule has 4 heteroatoms. The largest absolute Gasteiger partial charge is 0.443 e. The maximum absolute atomic E-state index is 12.9. The Balaban J connectivity index is 2.27. The lowest BCUT2D eigenvalue weighted by Crippen LogP contribution is -2.27. The van der Waals surface area contributed by atoms with E-state index in [1.54, 1.807) is 4.57 Å². The summed E-state index contributed by atoms with van der Waals surface area (Å²) in [6.45, 7) is 7.67. The Morgan fingerprint density at radius 1 is 1.08 bits per heavy atom. The fraction of sp³-hybridized carbons (Fsp3) is 0.250. The van der Waals surface area contributed by atoms with Crippen LogP contribution in [0.2, 0.25) is 0 Å². The van der Waals surface area contributed by atoms with Crippen LogP contribution in [0.25, 0.3) is 22.2 Å². The number of aromatic nitrogens is 1. The number of hydrogen-bond donors (Lipinski definition) is 0. The van der Waals surface area contributed by atoms with Crippen LogP contribution in [0.4, 0.5) is 4.79 Å². The van der Waals surface area contributed by atoms with Gasteiger partial charge in [0.25, 0.3) is 0 Å². The van der Waals surface area contributed by atoms with Crippen molar-refractivity contribution in [3.63, 3.8) is 0 Å². The van der Waals surface area contributed by atoms with Crippen molar-refractivity contribution in [3.05, 3.63) is 58.6 Å². The molecule has 124 valence electrons. The summed E-state index contributed by atoms with van der Waals surface area (Å²) >= 11 is 3.49. The second-order valence-electron chi connectivity index (χ2n) is 6.86. The van der Waals surface area contributed by atoms with Gasteiger partial charge in [0, 0.05) is 15.4 Å². The van der Waals surface area contributed by atoms with Crippen LogP contribution < -0.4 is 0 Å². The predicted octanol–water partition coefficient (Wildman–Crippen LogP) is 6.16. The third-order valence-electron chi connectivity index (χ3n) is 3.76. The molecule has 0 aliphatic rings. The van der Waals surface area contributed by atoms with Crippen molar-refractivity contribution in [1.82, 2.24) is 4.57 Å². The van der Waals surface area contributed by atoms with E-state index >= 15 is 0 Å². The highest BCUT2D eigenvalue weighted by Gasteiger charge is 2.23. The second-order valence-corrected chi connectivity index (χ2v) is 7.78. The van der Waals surface area contributed by atoms with Gasteiger partial charge in [-0.15, -0.1) is 0 Å². The maximum atomic E-state index is 12.9. The van der Waals surface area contributed by atoms with Crippen LogP contribution in [0.15, 0.2) is 53.0 Å². The molecule has 0 amide bonds. The lowest BCUT2D eigenvalue weighted by atomic mass is 10.1. The van der Waals surface area contributed by atoms with Gasteiger partial charge in [-0.25, -0.2) is 9.36 Å². The molecule has 1 heterocycles. The molecule has 3 aromatic rings. The number of carbonyl (C=O) groups excluding carboxylic acids is 1. The van der Waals surface area contributed by atoms with Crippen molar-refractivity contribution in [2.24, 2.45) is 0 Å². The van der Waals surface area contributed by atoms with Gasteiger partial charge in [-0.1, -0.05) is 46.3 Å². The standard InChI is InChI=1S/C20H20BrNO2/c1-13-7-5-6-8-16(13)18-11-14-9-10-15(21)12-17(14)22(18)19(23)24-20(2,3)4/h5-12H,1-4H3. The molecule has 0 N–H and O–H groups in total. The SMILES string of the molecule is Cc1ccccc1-c1cc2ccc(Br)cc2n1C(=O)OC(C)(C)C. The van der Waals surface area contributed by atoms with E-state index in [9.17, 15) is 4.79 Å². The van der Waals surface area contributed by atoms with Gasteiger partial charge in [-0.05, 0) is 51.5 Å². The Morgan fingerprint density at radius 2 is 1.79 bits per heavy atom. The number of rotatable bonds is 1. The molecule has 3 nitrogen and oxygen atoms in total. The summed E-state index contributed by atoms with van der Waals surface area (Å²) < 4.78 is 8.23. The van der Waals surface area contributed by atoms with Gasteiger partial charge in [-0.3, -0.25) is 0 Å². The smallest absolute Gasteiger partial charge is 0.419 e. The second kappa shape index (κ2) is 6.10. The molecule has 3 rings (SSSR count). The molecule has 0 aliphatic carbocycles. The van der Waals surface area contributed by atoms with Gasteiger partial charge >= 0.3 is 6.09 Å². The van der Waals surface area contributed by atoms with Crippen molar-refractivity contribution < 1.29 is 9.53 Å². The number of halogens is 1. The number of hydrogen-bond acceptors (Lipinski definition) is 2. The molecule has 0 spiro atoms. The van der Waals surface area contributed by atoms with E-state index in [-0.39, 0.29) is 6.09 Å². The maximum Gasteiger partial charge on any atom is 0.419 e. The number of ether oxygens (including phenoxy) is 1. The molecule has 0 unspecified atom stereocenters. The molecule has 0 aliphatic heterocycles. The summed E-state index contributed by atoms with van der Waals surface area (Å²) in [5.41, 5.74) is 3.26. The molecular weight excluding hydrogens is 366 g/mol. The monoisotopic (exact) mass is 385 g/mol. The number of carbonyl (C=O) groups is 1. The third kappa shape index (κ3) is 3.24. The van der Waals surface area contributed by atoms with E-state index in [4.69, 9.17) is 4.74 Å². The predicted molar refractivity (Wildman–Crippen MR) is 101 cm³/mol. The fourth-order valence-corrected chi connectivity index (χ4v) is 3.09. The molecule has 0 radical (unpaired) electrons. The lowest BCUT2D eigenvalue weighted by Gasteiger charge is -2.21. The minimum absolute atomic E-state index is 0.367. The molecular formula is C20H20BrNO2. The van der Waals surface area contributed by atoms with E-state index < -0.39 is 5.60 Å². The van der Waals surface area contributed by atoms with E-state index in [0.29, 0.717) is 0 Å². The van der Waals surface area contributed by atoms with Gasteiger partial charge in [0.2, 0.25) is 0 Å². The summed E-state index contributed by atoms with van der Waals surface area (Å²) in [4.78, 5) is 12.9. The molecule has 0 fully saturated rings. The first-order valence-corrected chi connectivity index (χ1v) is 8.66. The minimum atomic E-state index is -0.553. The molecule has 0 bridgehead atoms. The highest BCUT2D eigenvalue weighted by Crippen LogP contribution is 2.32. The van der Waals surface area contributed by atoms with Crippen LogP contribution in [0.5, 0.6) is 0 Å². The Labute approximate surface area is 150 Å². The summed E-state index contributed by atoms with van der Waals surface area (Å²) in [5, 5.41) is 1.00. The van der Waals surface area contributed by atoms with Crippen LogP contribution in [-0.2, 0) is 4.74 Å². The Hall–Kier alpha value is -2.07. The zero-order valence-corrected chi connectivity index (χ0v) is 15.8. The highest BCUT2D eigenvalue weighted by atomic mass is 79.9. The first-order valence-electron chi connectivity index (χ1n) is 7.86. The van der Waals surface area contributed by atoms with Gasteiger partial charge in [0.15, 0.2) is 0 Å². The molecule has 2 aromatic carbocycles. The van der Waals surface area contributed by atoms with Crippen LogP contribution in [0.3, 0.4) is 0 Å². The Bertz CT molecular complexity index is 919. The summed E-state index contributed by atoms with van der Waals surface area (Å²) in [6.07, 6.45) is -0.367. The summed E-state index contributed by atoms with van der Waals surface area (Å²) in [7, 11) is 0. The van der Waals surface area contributed by atoms with Crippen molar-refractivity contribution in [3.8, 4) is 11.3 Å². The first-order chi connectivity index (χ1) is 11.3. The average Bonchev–Trinajstić information content (AvgIpc) is 2.84. The molecule has 24 heavy (non-hydrogen) atoms. The Kier molecular flexibility index (Phi) is 4.26. The normalized spacial score (nSPS) is 11.7. The van der Waals surface area contributed by atoms with Crippen LogP contribution in [0.1, 0.15) is 26.3 Å². The van der Waals surface area contributed by atoms with Crippen molar-refractivity contribution in [2.75, 3.05) is 0 Å². The number of aryl methyl sites for hydroxylation is 1. The number of benzene rings is 2. The van der Waals surface area contributed by atoms with E-state index in [1.165, 1.54) is 0 Å². The van der Waals surface area contributed by atoms with Gasteiger partial charge in [0.05, 0.1) is 11.2 Å². The molecule has 0 saturated carbocycles. The summed E-state index contributed by atoms with van der Waals surface area (Å²) in [5.74, 6) is 0. The molecule has 0 saturated heterocycles. The minimum Gasteiger partial charge on any atom is -0.443 e. The van der Waals surface area contributed by atoms with Gasteiger partial charge < -0.3 is 4.74 Å². The number of nitrogens with zero attached hydrogens (tertiary/aromatic N) is 1. The molecule has 0 atom stereocenters. The van der Waals surface area contributed by atoms with Gasteiger partial charge in [0.1, 0.15) is 5.60 Å². The highest BCUT2D eigenvalue weighted by molar-refractivity contribution is 9.10. The van der Waals surface area contributed by atoms with E-state index in [2.05, 4.69) is 15.9 Å².